The highest BCUT2D eigenvalue weighted by Gasteiger charge is 2.20. The van der Waals surface area contributed by atoms with Crippen molar-refractivity contribution in [2.24, 2.45) is 0 Å². The Morgan fingerprint density at radius 2 is 2.24 bits per heavy atom. The fraction of sp³-hybridized carbons (Fsp3) is 0.300. The molecule has 0 saturated carbocycles. The Balaban J connectivity index is 3.26. The minimum atomic E-state index is -1.24. The molecule has 0 aliphatic heterocycles. The Kier molecular flexibility index (Phi) is 3.86. The van der Waals surface area contributed by atoms with Crippen LogP contribution in [-0.4, -0.2) is 22.6 Å². The van der Waals surface area contributed by atoms with Crippen molar-refractivity contribution in [1.82, 2.24) is 0 Å². The van der Waals surface area contributed by atoms with Gasteiger partial charge in [0.1, 0.15) is 17.0 Å². The van der Waals surface area contributed by atoms with Gasteiger partial charge in [0.05, 0.1) is 17.6 Å². The molecule has 0 amide bonds. The number of nitrogens with two attached hydrogens (primary N) is 1. The summed E-state index contributed by atoms with van der Waals surface area (Å²) in [5.74, 6) is -1.28. The topological polar surface area (TPSA) is 116 Å². The molecule has 1 aromatic carbocycles. The van der Waals surface area contributed by atoms with E-state index < -0.39 is 10.9 Å². The first-order chi connectivity index (χ1) is 7.97. The van der Waals surface area contributed by atoms with Crippen LogP contribution in [0.4, 0.5) is 11.4 Å². The number of nitro groups is 1. The van der Waals surface area contributed by atoms with E-state index in [4.69, 9.17) is 15.6 Å². The Labute approximate surface area is 97.0 Å². The van der Waals surface area contributed by atoms with Gasteiger partial charge in [-0.05, 0) is 12.5 Å². The molecule has 0 aliphatic carbocycles. The minimum Gasteiger partial charge on any atom is -0.492 e. The van der Waals surface area contributed by atoms with Crippen LogP contribution in [0, 0.1) is 10.1 Å². The molecule has 1 aromatic rings. The zero-order valence-electron chi connectivity index (χ0n) is 9.17. The van der Waals surface area contributed by atoms with Gasteiger partial charge in [0.25, 0.3) is 5.69 Å². The lowest BCUT2D eigenvalue weighted by molar-refractivity contribution is -0.384. The molecule has 0 fully saturated rings. The van der Waals surface area contributed by atoms with E-state index in [1.807, 2.05) is 6.92 Å². The quantitative estimate of drug-likeness (QED) is 0.459. The second-order valence-electron chi connectivity index (χ2n) is 3.32. The number of ether oxygens (including phenoxy) is 1. The van der Waals surface area contributed by atoms with Crippen molar-refractivity contribution >= 4 is 17.3 Å². The van der Waals surface area contributed by atoms with E-state index in [2.05, 4.69) is 0 Å². The Morgan fingerprint density at radius 1 is 1.59 bits per heavy atom. The van der Waals surface area contributed by atoms with Gasteiger partial charge in [-0.3, -0.25) is 10.1 Å². The molecule has 7 nitrogen and oxygen atoms in total. The number of nitro benzene ring substituents is 1. The van der Waals surface area contributed by atoms with Crippen LogP contribution in [0.5, 0.6) is 5.75 Å². The first-order valence-electron chi connectivity index (χ1n) is 4.91. The van der Waals surface area contributed by atoms with Gasteiger partial charge in [-0.15, -0.1) is 0 Å². The van der Waals surface area contributed by atoms with E-state index in [-0.39, 0.29) is 29.3 Å². The third-order valence-corrected chi connectivity index (χ3v) is 2.02. The molecular formula is C10H12N2O5. The largest absolute Gasteiger partial charge is 0.492 e. The van der Waals surface area contributed by atoms with Crippen LogP contribution in [0.3, 0.4) is 0 Å². The van der Waals surface area contributed by atoms with Gasteiger partial charge in [0, 0.05) is 0 Å². The highest BCUT2D eigenvalue weighted by atomic mass is 16.6. The van der Waals surface area contributed by atoms with Crippen molar-refractivity contribution in [2.45, 2.75) is 13.3 Å². The summed E-state index contributed by atoms with van der Waals surface area (Å²) in [6.07, 6.45) is 0.664. The summed E-state index contributed by atoms with van der Waals surface area (Å²) in [6, 6.07) is 2.07. The number of carboxylic acids is 1. The summed E-state index contributed by atoms with van der Waals surface area (Å²) in [7, 11) is 0. The van der Waals surface area contributed by atoms with Gasteiger partial charge in [-0.1, -0.05) is 6.92 Å². The molecule has 0 spiro atoms. The molecule has 0 atom stereocenters. The minimum absolute atomic E-state index is 0.0414. The van der Waals surface area contributed by atoms with Gasteiger partial charge < -0.3 is 15.6 Å². The number of carbonyl (C=O) groups is 1. The number of anilines is 1. The van der Waals surface area contributed by atoms with E-state index >= 15 is 0 Å². The molecule has 0 saturated heterocycles. The molecule has 0 aliphatic rings. The lowest BCUT2D eigenvalue weighted by Crippen LogP contribution is -2.06. The molecule has 7 heteroatoms. The summed E-state index contributed by atoms with van der Waals surface area (Å²) in [5.41, 5.74) is 4.66. The number of nitrogen functional groups attached to an aromatic ring is 1. The van der Waals surface area contributed by atoms with Crippen molar-refractivity contribution in [3.63, 3.8) is 0 Å². The number of aromatic carboxylic acids is 1. The van der Waals surface area contributed by atoms with Crippen molar-refractivity contribution in [2.75, 3.05) is 12.3 Å². The van der Waals surface area contributed by atoms with Crippen LogP contribution < -0.4 is 10.5 Å². The molecule has 0 bridgehead atoms. The Hall–Kier alpha value is -2.31. The van der Waals surface area contributed by atoms with Gasteiger partial charge >= 0.3 is 5.97 Å². The number of nitrogens with zero attached hydrogens (tertiary/aromatic N) is 1. The van der Waals surface area contributed by atoms with Crippen molar-refractivity contribution in [3.8, 4) is 5.75 Å². The van der Waals surface area contributed by atoms with Crippen LogP contribution in [0.15, 0.2) is 12.1 Å². The average molecular weight is 240 g/mol. The molecule has 92 valence electrons. The van der Waals surface area contributed by atoms with Crippen molar-refractivity contribution in [3.05, 3.63) is 27.8 Å². The smallest absolute Gasteiger partial charge is 0.339 e. The fourth-order valence-electron chi connectivity index (χ4n) is 1.24. The van der Waals surface area contributed by atoms with Gasteiger partial charge in [0.15, 0.2) is 0 Å². The number of hydrogen-bond donors (Lipinski definition) is 2. The lowest BCUT2D eigenvalue weighted by Gasteiger charge is -2.09. The molecular weight excluding hydrogens is 228 g/mol. The summed E-state index contributed by atoms with van der Waals surface area (Å²) in [5, 5.41) is 19.6. The second kappa shape index (κ2) is 5.15. The van der Waals surface area contributed by atoms with E-state index in [0.717, 1.165) is 12.1 Å². The number of rotatable bonds is 5. The molecule has 0 radical (unpaired) electrons. The van der Waals surface area contributed by atoms with Gasteiger partial charge in [-0.2, -0.15) is 0 Å². The highest BCUT2D eigenvalue weighted by molar-refractivity contribution is 5.93. The fourth-order valence-corrected chi connectivity index (χ4v) is 1.24. The monoisotopic (exact) mass is 240 g/mol. The van der Waals surface area contributed by atoms with Gasteiger partial charge in [0.2, 0.25) is 0 Å². The molecule has 17 heavy (non-hydrogen) atoms. The Morgan fingerprint density at radius 3 is 2.71 bits per heavy atom. The maximum absolute atomic E-state index is 10.9. The maximum atomic E-state index is 10.9. The first-order valence-corrected chi connectivity index (χ1v) is 4.91. The van der Waals surface area contributed by atoms with E-state index in [1.165, 1.54) is 0 Å². The summed E-state index contributed by atoms with van der Waals surface area (Å²) < 4.78 is 5.15. The SMILES string of the molecule is CCCOc1cc([N+](=O)[O-])c(N)cc1C(=O)O. The molecule has 1 rings (SSSR count). The average Bonchev–Trinajstić information content (AvgIpc) is 2.26. The maximum Gasteiger partial charge on any atom is 0.339 e. The number of benzene rings is 1. The summed E-state index contributed by atoms with van der Waals surface area (Å²) in [6.45, 7) is 2.12. The second-order valence-corrected chi connectivity index (χ2v) is 3.32. The third-order valence-electron chi connectivity index (χ3n) is 2.02. The highest BCUT2D eigenvalue weighted by Crippen LogP contribution is 2.31. The van der Waals surface area contributed by atoms with E-state index in [0.29, 0.717) is 6.42 Å². The summed E-state index contributed by atoms with van der Waals surface area (Å²) in [4.78, 5) is 20.9. The lowest BCUT2D eigenvalue weighted by atomic mass is 10.1. The predicted octanol–water partition coefficient (Wildman–Crippen LogP) is 1.66. The van der Waals surface area contributed by atoms with E-state index in [1.54, 1.807) is 0 Å². The Bertz CT molecular complexity index is 458. The zero-order valence-corrected chi connectivity index (χ0v) is 9.17. The molecule has 0 aromatic heterocycles. The van der Waals surface area contributed by atoms with Crippen LogP contribution >= 0.6 is 0 Å². The normalized spacial score (nSPS) is 9.94. The van der Waals surface area contributed by atoms with Crippen molar-refractivity contribution in [1.29, 1.82) is 0 Å². The van der Waals surface area contributed by atoms with E-state index in [9.17, 15) is 14.9 Å². The van der Waals surface area contributed by atoms with Crippen LogP contribution in [0.2, 0.25) is 0 Å². The molecule has 0 unspecified atom stereocenters. The standard InChI is InChI=1S/C10H12N2O5/c1-2-3-17-9-5-8(12(15)16)7(11)4-6(9)10(13)14/h4-5H,2-3,11H2,1H3,(H,13,14). The first kappa shape index (κ1) is 12.8. The predicted molar refractivity (Wildman–Crippen MR) is 60.3 cm³/mol. The number of hydrogen-bond acceptors (Lipinski definition) is 5. The molecule has 0 heterocycles. The molecule has 3 N–H and O–H groups in total. The zero-order chi connectivity index (χ0) is 13.0. The summed E-state index contributed by atoms with van der Waals surface area (Å²) >= 11 is 0. The van der Waals surface area contributed by atoms with Crippen LogP contribution in [-0.2, 0) is 0 Å². The third kappa shape index (κ3) is 2.83. The van der Waals surface area contributed by atoms with Crippen molar-refractivity contribution < 1.29 is 19.6 Å². The van der Waals surface area contributed by atoms with Gasteiger partial charge in [-0.25, -0.2) is 4.79 Å². The number of carboxylic acid groups (broad SMARTS) is 1. The van der Waals surface area contributed by atoms with Crippen LogP contribution in [0.25, 0.3) is 0 Å². The van der Waals surface area contributed by atoms with Crippen LogP contribution in [0.1, 0.15) is 23.7 Å².